The molecular weight excluding hydrogens is 316 g/mol. The molecular formula is C11H18N4O2S3. The molecule has 6 nitrogen and oxygen atoms in total. The summed E-state index contributed by atoms with van der Waals surface area (Å²) < 4.78 is 1.47. The zero-order valence-corrected chi connectivity index (χ0v) is 14.1. The van der Waals surface area contributed by atoms with Crippen molar-refractivity contribution in [3.05, 3.63) is 0 Å². The van der Waals surface area contributed by atoms with E-state index in [0.717, 1.165) is 15.1 Å². The highest BCUT2D eigenvalue weighted by atomic mass is 32.2. The maximum absolute atomic E-state index is 11.5. The third-order valence-electron chi connectivity index (χ3n) is 2.18. The molecule has 1 atom stereocenters. The molecule has 9 heteroatoms. The van der Waals surface area contributed by atoms with Crippen LogP contribution in [0.5, 0.6) is 0 Å². The number of hydrogen-bond acceptors (Lipinski definition) is 7. The molecule has 1 aromatic rings. The van der Waals surface area contributed by atoms with Crippen LogP contribution < -0.4 is 10.6 Å². The maximum atomic E-state index is 11.5. The number of nitrogens with one attached hydrogen (secondary N) is 2. The molecule has 0 unspecified atom stereocenters. The van der Waals surface area contributed by atoms with Gasteiger partial charge in [-0.05, 0) is 13.3 Å². The highest BCUT2D eigenvalue weighted by Gasteiger charge is 2.16. The Morgan fingerprint density at radius 2 is 2.05 bits per heavy atom. The molecule has 2 amide bonds. The van der Waals surface area contributed by atoms with Gasteiger partial charge in [-0.1, -0.05) is 41.8 Å². The lowest BCUT2D eigenvalue weighted by Gasteiger charge is -2.05. The Balaban J connectivity index is 2.39. The van der Waals surface area contributed by atoms with Crippen LogP contribution >= 0.6 is 34.9 Å². The first-order valence-electron chi connectivity index (χ1n) is 6.18. The zero-order valence-electron chi connectivity index (χ0n) is 11.6. The minimum Gasteiger partial charge on any atom is -0.358 e. The molecule has 0 aliphatic rings. The first-order valence-corrected chi connectivity index (χ1v) is 8.86. The predicted octanol–water partition coefficient (Wildman–Crippen LogP) is 1.38. The molecule has 0 aromatic carbocycles. The third kappa shape index (κ3) is 6.10. The summed E-state index contributed by atoms with van der Waals surface area (Å²) in [6, 6.07) is 0. The molecule has 20 heavy (non-hydrogen) atoms. The van der Waals surface area contributed by atoms with Crippen LogP contribution in [0.2, 0.25) is 0 Å². The van der Waals surface area contributed by atoms with Gasteiger partial charge in [0.25, 0.3) is 0 Å². The van der Waals surface area contributed by atoms with Crippen molar-refractivity contribution in [1.82, 2.24) is 20.8 Å². The fraction of sp³-hybridized carbons (Fsp3) is 0.636. The van der Waals surface area contributed by atoms with E-state index in [-0.39, 0.29) is 17.1 Å². The van der Waals surface area contributed by atoms with E-state index in [4.69, 9.17) is 0 Å². The lowest BCUT2D eigenvalue weighted by molar-refractivity contribution is -0.120. The molecule has 0 radical (unpaired) electrons. The lowest BCUT2D eigenvalue weighted by Crippen LogP contribution is -2.27. The standard InChI is InChI=1S/C11H18N4O2S3/c1-4-5-13-8(16)6-18-10-14-15-11(20-10)19-7(2)9(17)12-3/h7H,4-6H2,1-3H3,(H,12,17)(H,13,16)/t7-/m1/s1. The molecule has 112 valence electrons. The van der Waals surface area contributed by atoms with Crippen molar-refractivity contribution < 1.29 is 9.59 Å². The molecule has 0 saturated heterocycles. The van der Waals surface area contributed by atoms with Crippen molar-refractivity contribution in [3.8, 4) is 0 Å². The fourth-order valence-electron chi connectivity index (χ4n) is 1.15. The number of carbonyl (C=O) groups is 2. The molecule has 1 aromatic heterocycles. The first kappa shape index (κ1) is 17.3. The van der Waals surface area contributed by atoms with Crippen LogP contribution in [0, 0.1) is 0 Å². The summed E-state index contributed by atoms with van der Waals surface area (Å²) >= 11 is 4.12. The van der Waals surface area contributed by atoms with E-state index in [0.29, 0.717) is 12.3 Å². The van der Waals surface area contributed by atoms with Crippen LogP contribution in [0.25, 0.3) is 0 Å². The molecule has 0 aliphatic carbocycles. The average Bonchev–Trinajstić information content (AvgIpc) is 2.89. The number of aromatic nitrogens is 2. The van der Waals surface area contributed by atoms with Crippen molar-refractivity contribution in [2.24, 2.45) is 0 Å². The van der Waals surface area contributed by atoms with Gasteiger partial charge in [0.05, 0.1) is 11.0 Å². The van der Waals surface area contributed by atoms with Gasteiger partial charge in [0.2, 0.25) is 11.8 Å². The summed E-state index contributed by atoms with van der Waals surface area (Å²) in [7, 11) is 1.61. The second kappa shape index (κ2) is 9.19. The summed E-state index contributed by atoms with van der Waals surface area (Å²) in [4.78, 5) is 22.9. The molecule has 2 N–H and O–H groups in total. The van der Waals surface area contributed by atoms with Gasteiger partial charge in [-0.2, -0.15) is 0 Å². The van der Waals surface area contributed by atoms with E-state index in [1.54, 1.807) is 7.05 Å². The number of hydrogen-bond donors (Lipinski definition) is 2. The van der Waals surface area contributed by atoms with Crippen LogP contribution in [0.1, 0.15) is 20.3 Å². The first-order chi connectivity index (χ1) is 9.56. The number of thioether (sulfide) groups is 2. The van der Waals surface area contributed by atoms with Gasteiger partial charge in [0, 0.05) is 13.6 Å². The average molecular weight is 334 g/mol. The van der Waals surface area contributed by atoms with Crippen molar-refractivity contribution in [2.45, 2.75) is 34.2 Å². The summed E-state index contributed by atoms with van der Waals surface area (Å²) in [6.07, 6.45) is 0.924. The number of rotatable bonds is 8. The van der Waals surface area contributed by atoms with Gasteiger partial charge >= 0.3 is 0 Å². The van der Waals surface area contributed by atoms with Gasteiger partial charge in [-0.15, -0.1) is 10.2 Å². The van der Waals surface area contributed by atoms with Gasteiger partial charge in [-0.25, -0.2) is 0 Å². The predicted molar refractivity (Wildman–Crippen MR) is 83.3 cm³/mol. The Kier molecular flexibility index (Phi) is 7.93. The summed E-state index contributed by atoms with van der Waals surface area (Å²) in [5, 5.41) is 13.2. The summed E-state index contributed by atoms with van der Waals surface area (Å²) in [5.41, 5.74) is 0. The normalized spacial score (nSPS) is 11.9. The SMILES string of the molecule is CCCNC(=O)CSc1nnc(S[C@H](C)C(=O)NC)s1. The van der Waals surface area contributed by atoms with Crippen LogP contribution in [0.4, 0.5) is 0 Å². The topological polar surface area (TPSA) is 84.0 Å². The number of amides is 2. The molecule has 1 heterocycles. The molecule has 0 aliphatic heterocycles. The van der Waals surface area contributed by atoms with Crippen LogP contribution in [-0.4, -0.2) is 46.6 Å². The Hall–Kier alpha value is -0.800. The van der Waals surface area contributed by atoms with Gasteiger partial charge in [-0.3, -0.25) is 9.59 Å². The van der Waals surface area contributed by atoms with Crippen LogP contribution in [0.15, 0.2) is 8.68 Å². The summed E-state index contributed by atoms with van der Waals surface area (Å²) in [5.74, 6) is 0.294. The molecule has 0 saturated carbocycles. The molecule has 0 bridgehead atoms. The Bertz CT molecular complexity index is 453. The van der Waals surface area contributed by atoms with Crippen LogP contribution in [0.3, 0.4) is 0 Å². The Labute approximate surface area is 130 Å². The minimum absolute atomic E-state index is 0.0000168. The highest BCUT2D eigenvalue weighted by Crippen LogP contribution is 2.31. The number of nitrogens with zero attached hydrogens (tertiary/aromatic N) is 2. The second-order valence-electron chi connectivity index (χ2n) is 3.85. The van der Waals surface area contributed by atoms with Crippen molar-refractivity contribution in [3.63, 3.8) is 0 Å². The molecule has 0 fully saturated rings. The minimum atomic E-state index is -0.210. The summed E-state index contributed by atoms with van der Waals surface area (Å²) in [6.45, 7) is 4.52. The van der Waals surface area contributed by atoms with Gasteiger partial charge in [0.15, 0.2) is 8.68 Å². The van der Waals surface area contributed by atoms with E-state index >= 15 is 0 Å². The fourth-order valence-corrected chi connectivity index (χ4v) is 4.21. The van der Waals surface area contributed by atoms with E-state index in [1.165, 1.54) is 34.9 Å². The monoisotopic (exact) mass is 334 g/mol. The highest BCUT2D eigenvalue weighted by molar-refractivity contribution is 8.04. The van der Waals surface area contributed by atoms with Gasteiger partial charge < -0.3 is 10.6 Å². The maximum Gasteiger partial charge on any atom is 0.233 e. The Morgan fingerprint density at radius 1 is 1.35 bits per heavy atom. The van der Waals surface area contributed by atoms with Crippen molar-refractivity contribution in [2.75, 3.05) is 19.3 Å². The van der Waals surface area contributed by atoms with Gasteiger partial charge in [0.1, 0.15) is 0 Å². The lowest BCUT2D eigenvalue weighted by atomic mass is 10.4. The third-order valence-corrected chi connectivity index (χ3v) is 5.42. The quantitative estimate of drug-likeness (QED) is 0.699. The van der Waals surface area contributed by atoms with E-state index in [2.05, 4.69) is 20.8 Å². The van der Waals surface area contributed by atoms with Crippen molar-refractivity contribution >= 4 is 46.7 Å². The Morgan fingerprint density at radius 3 is 2.70 bits per heavy atom. The second-order valence-corrected chi connectivity index (χ2v) is 7.63. The zero-order chi connectivity index (χ0) is 15.0. The van der Waals surface area contributed by atoms with Crippen molar-refractivity contribution in [1.29, 1.82) is 0 Å². The number of carbonyl (C=O) groups excluding carboxylic acids is 2. The van der Waals surface area contributed by atoms with E-state index < -0.39 is 0 Å². The molecule has 0 spiro atoms. The smallest absolute Gasteiger partial charge is 0.233 e. The van der Waals surface area contributed by atoms with E-state index in [1.807, 2.05) is 13.8 Å². The largest absolute Gasteiger partial charge is 0.358 e. The molecule has 1 rings (SSSR count). The van der Waals surface area contributed by atoms with E-state index in [9.17, 15) is 9.59 Å². The van der Waals surface area contributed by atoms with Crippen LogP contribution in [-0.2, 0) is 9.59 Å².